The second-order valence-corrected chi connectivity index (χ2v) is 3.28. The quantitative estimate of drug-likeness (QED) is 0.855. The molecule has 1 rings (SSSR count). The van der Waals surface area contributed by atoms with Gasteiger partial charge in [-0.2, -0.15) is 0 Å². The minimum atomic E-state index is -2.73. The molecular weight excluding hydrogens is 260 g/mol. The smallest absolute Gasteiger partial charge is 0.280 e. The number of methoxy groups -OCH3 is 1. The van der Waals surface area contributed by atoms with Gasteiger partial charge in [0.1, 0.15) is 16.0 Å². The number of rotatable bonds is 3. The van der Waals surface area contributed by atoms with E-state index in [1.54, 1.807) is 0 Å². The van der Waals surface area contributed by atoms with Crippen LogP contribution in [-0.2, 0) is 6.61 Å². The summed E-state index contributed by atoms with van der Waals surface area (Å²) in [6, 6.07) is 1.43. The van der Waals surface area contributed by atoms with Gasteiger partial charge in [-0.25, -0.2) is 13.8 Å². The van der Waals surface area contributed by atoms with Gasteiger partial charge in [0, 0.05) is 11.6 Å². The normalized spacial score (nSPS) is 10.7. The molecule has 0 aliphatic carbocycles. The van der Waals surface area contributed by atoms with Crippen LogP contribution in [0.5, 0.6) is 5.75 Å². The van der Waals surface area contributed by atoms with Gasteiger partial charge in [0.15, 0.2) is 0 Å². The summed E-state index contributed by atoms with van der Waals surface area (Å²) in [6.07, 6.45) is -2.73. The van der Waals surface area contributed by atoms with Crippen molar-refractivity contribution in [3.05, 3.63) is 21.9 Å². The van der Waals surface area contributed by atoms with E-state index in [-0.39, 0.29) is 15.9 Å². The summed E-state index contributed by atoms with van der Waals surface area (Å²) in [6.45, 7) is -0.525. The van der Waals surface area contributed by atoms with Crippen LogP contribution in [0.1, 0.15) is 17.7 Å². The molecule has 0 radical (unpaired) electrons. The van der Waals surface area contributed by atoms with Crippen LogP contribution in [0.4, 0.5) is 8.78 Å². The van der Waals surface area contributed by atoms with E-state index in [1.165, 1.54) is 13.2 Å². The Labute approximate surface area is 87.9 Å². The number of aliphatic hydroxyl groups is 1. The van der Waals surface area contributed by atoms with Crippen LogP contribution in [-0.4, -0.2) is 17.2 Å². The van der Waals surface area contributed by atoms with E-state index in [0.29, 0.717) is 0 Å². The Morgan fingerprint density at radius 2 is 2.29 bits per heavy atom. The number of nitrogens with zero attached hydrogens (tertiary/aromatic N) is 1. The minimum Gasteiger partial charge on any atom is -0.496 e. The molecule has 6 heteroatoms. The van der Waals surface area contributed by atoms with Crippen molar-refractivity contribution >= 4 is 15.9 Å². The second-order valence-electron chi connectivity index (χ2n) is 2.47. The van der Waals surface area contributed by atoms with Crippen molar-refractivity contribution in [1.29, 1.82) is 0 Å². The summed E-state index contributed by atoms with van der Waals surface area (Å²) in [4.78, 5) is 3.58. The molecule has 0 aliphatic heterocycles. The van der Waals surface area contributed by atoms with E-state index in [4.69, 9.17) is 9.84 Å². The number of alkyl halides is 2. The van der Waals surface area contributed by atoms with Crippen molar-refractivity contribution in [3.63, 3.8) is 0 Å². The first-order chi connectivity index (χ1) is 6.60. The van der Waals surface area contributed by atoms with E-state index in [9.17, 15) is 8.78 Å². The van der Waals surface area contributed by atoms with E-state index in [2.05, 4.69) is 20.9 Å². The molecule has 0 fully saturated rings. The molecule has 14 heavy (non-hydrogen) atoms. The van der Waals surface area contributed by atoms with Gasteiger partial charge in [0.05, 0.1) is 13.7 Å². The average molecular weight is 268 g/mol. The fourth-order valence-electron chi connectivity index (χ4n) is 1.06. The zero-order valence-corrected chi connectivity index (χ0v) is 8.88. The Morgan fingerprint density at radius 1 is 1.64 bits per heavy atom. The van der Waals surface area contributed by atoms with Crippen molar-refractivity contribution in [3.8, 4) is 5.75 Å². The highest BCUT2D eigenvalue weighted by atomic mass is 79.9. The fourth-order valence-corrected chi connectivity index (χ4v) is 1.46. The van der Waals surface area contributed by atoms with Gasteiger partial charge >= 0.3 is 0 Å². The van der Waals surface area contributed by atoms with Crippen LogP contribution in [0.15, 0.2) is 10.7 Å². The first-order valence-electron chi connectivity index (χ1n) is 3.72. The van der Waals surface area contributed by atoms with Crippen molar-refractivity contribution < 1.29 is 18.6 Å². The van der Waals surface area contributed by atoms with Gasteiger partial charge in [-0.15, -0.1) is 0 Å². The van der Waals surface area contributed by atoms with Crippen LogP contribution in [0.25, 0.3) is 0 Å². The lowest BCUT2D eigenvalue weighted by Gasteiger charge is -2.11. The van der Waals surface area contributed by atoms with Gasteiger partial charge in [-0.05, 0) is 15.9 Å². The number of ether oxygens (including phenoxy) is 1. The van der Waals surface area contributed by atoms with E-state index in [1.807, 2.05) is 0 Å². The summed E-state index contributed by atoms with van der Waals surface area (Å²) < 4.78 is 30.0. The summed E-state index contributed by atoms with van der Waals surface area (Å²) in [5.41, 5.74) is -0.440. The highest BCUT2D eigenvalue weighted by Crippen LogP contribution is 2.30. The number of pyridine rings is 1. The highest BCUT2D eigenvalue weighted by Gasteiger charge is 2.19. The minimum absolute atomic E-state index is 0.0192. The van der Waals surface area contributed by atoms with E-state index < -0.39 is 18.7 Å². The molecular formula is C8H8BrF2NO2. The standard InChI is InChI=1S/C8H8BrF2NO2/c1-14-5-2-6(9)12-7(8(10)11)4(5)3-13/h2,8,13H,3H2,1H3. The highest BCUT2D eigenvalue weighted by molar-refractivity contribution is 9.10. The van der Waals surface area contributed by atoms with Crippen LogP contribution in [0.2, 0.25) is 0 Å². The van der Waals surface area contributed by atoms with E-state index >= 15 is 0 Å². The summed E-state index contributed by atoms with van der Waals surface area (Å²) in [5.74, 6) is 0.199. The molecule has 1 aromatic heterocycles. The lowest BCUT2D eigenvalue weighted by molar-refractivity contribution is 0.140. The third-order valence-corrected chi connectivity index (χ3v) is 2.08. The van der Waals surface area contributed by atoms with E-state index in [0.717, 1.165) is 0 Å². The average Bonchev–Trinajstić information content (AvgIpc) is 2.16. The molecule has 0 atom stereocenters. The SMILES string of the molecule is COc1cc(Br)nc(C(F)F)c1CO. The van der Waals surface area contributed by atoms with Crippen molar-refractivity contribution in [2.45, 2.75) is 13.0 Å². The number of aromatic nitrogens is 1. The Bertz CT molecular complexity index is 333. The summed E-state index contributed by atoms with van der Waals surface area (Å²) in [7, 11) is 1.34. The van der Waals surface area contributed by atoms with Crippen LogP contribution >= 0.6 is 15.9 Å². The van der Waals surface area contributed by atoms with Crippen molar-refractivity contribution in [1.82, 2.24) is 4.98 Å². The molecule has 78 valence electrons. The first kappa shape index (κ1) is 11.3. The summed E-state index contributed by atoms with van der Waals surface area (Å²) >= 11 is 2.98. The largest absolute Gasteiger partial charge is 0.496 e. The molecule has 3 nitrogen and oxygen atoms in total. The number of aliphatic hydroxyl groups excluding tert-OH is 1. The summed E-state index contributed by atoms with van der Waals surface area (Å²) in [5, 5.41) is 8.90. The predicted molar refractivity (Wildman–Crippen MR) is 49.4 cm³/mol. The Balaban J connectivity index is 3.31. The van der Waals surface area contributed by atoms with Gasteiger partial charge < -0.3 is 9.84 Å². The third-order valence-electron chi connectivity index (χ3n) is 1.67. The van der Waals surface area contributed by atoms with Gasteiger partial charge in [-0.3, -0.25) is 0 Å². The maximum Gasteiger partial charge on any atom is 0.280 e. The maximum atomic E-state index is 12.5. The monoisotopic (exact) mass is 267 g/mol. The Morgan fingerprint density at radius 3 is 2.71 bits per heavy atom. The predicted octanol–water partition coefficient (Wildman–Crippen LogP) is 2.28. The molecule has 0 aromatic carbocycles. The zero-order valence-electron chi connectivity index (χ0n) is 7.30. The molecule has 1 aromatic rings. The molecule has 1 N–H and O–H groups in total. The van der Waals surface area contributed by atoms with Gasteiger partial charge in [0.2, 0.25) is 0 Å². The van der Waals surface area contributed by atoms with Crippen LogP contribution < -0.4 is 4.74 Å². The molecule has 0 bridgehead atoms. The molecule has 0 aliphatic rings. The molecule has 0 amide bonds. The Hall–Kier alpha value is -0.750. The molecule has 1 heterocycles. The van der Waals surface area contributed by atoms with Crippen molar-refractivity contribution in [2.24, 2.45) is 0 Å². The lowest BCUT2D eigenvalue weighted by Crippen LogP contribution is -2.02. The molecule has 0 spiro atoms. The number of hydrogen-bond donors (Lipinski definition) is 1. The molecule has 0 saturated carbocycles. The second kappa shape index (κ2) is 4.65. The molecule has 0 saturated heterocycles. The van der Waals surface area contributed by atoms with Crippen LogP contribution in [0.3, 0.4) is 0 Å². The third kappa shape index (κ3) is 2.19. The molecule has 0 unspecified atom stereocenters. The maximum absolute atomic E-state index is 12.5. The van der Waals surface area contributed by atoms with Crippen LogP contribution in [0, 0.1) is 0 Å². The van der Waals surface area contributed by atoms with Crippen molar-refractivity contribution in [2.75, 3.05) is 7.11 Å². The zero-order chi connectivity index (χ0) is 10.7. The Kier molecular flexibility index (Phi) is 3.77. The lowest BCUT2D eigenvalue weighted by atomic mass is 10.2. The van der Waals surface area contributed by atoms with Gasteiger partial charge in [-0.1, -0.05) is 0 Å². The fraction of sp³-hybridized carbons (Fsp3) is 0.375. The topological polar surface area (TPSA) is 42.4 Å². The number of halogens is 3. The number of hydrogen-bond acceptors (Lipinski definition) is 3. The first-order valence-corrected chi connectivity index (χ1v) is 4.51. The van der Waals surface area contributed by atoms with Gasteiger partial charge in [0.25, 0.3) is 6.43 Å².